The quantitative estimate of drug-likeness (QED) is 0.630. The number of carbonyl (C=O) groups excluding carboxylic acids is 1. The summed E-state index contributed by atoms with van der Waals surface area (Å²) in [4.78, 5) is 13.5. The Morgan fingerprint density at radius 2 is 1.92 bits per heavy atom. The molecule has 1 aliphatic rings. The van der Waals surface area contributed by atoms with Gasteiger partial charge < -0.3 is 4.90 Å². The first-order valence-corrected chi connectivity index (χ1v) is 5.05. The Kier molecular flexibility index (Phi) is 3.57. The van der Waals surface area contributed by atoms with Gasteiger partial charge in [0, 0.05) is 19.5 Å². The van der Waals surface area contributed by atoms with Gasteiger partial charge in [0.05, 0.1) is 0 Å². The first-order valence-electron chi connectivity index (χ1n) is 5.05. The molecule has 0 radical (unpaired) electrons. The van der Waals surface area contributed by atoms with Crippen molar-refractivity contribution in [3.8, 4) is 0 Å². The molecule has 12 heavy (non-hydrogen) atoms. The highest BCUT2D eigenvalue weighted by molar-refractivity contribution is 5.76. The zero-order chi connectivity index (χ0) is 8.97. The van der Waals surface area contributed by atoms with Crippen molar-refractivity contribution in [2.75, 3.05) is 13.1 Å². The smallest absolute Gasteiger partial charge is 0.222 e. The van der Waals surface area contributed by atoms with Crippen LogP contribution in [0.25, 0.3) is 0 Å². The van der Waals surface area contributed by atoms with E-state index in [2.05, 4.69) is 0 Å². The van der Waals surface area contributed by atoms with Gasteiger partial charge in [0.2, 0.25) is 5.91 Å². The van der Waals surface area contributed by atoms with Gasteiger partial charge in [-0.2, -0.15) is 0 Å². The molecule has 0 spiro atoms. The lowest BCUT2D eigenvalue weighted by Crippen LogP contribution is -2.33. The molecule has 2 nitrogen and oxygen atoms in total. The Morgan fingerprint density at radius 3 is 2.25 bits per heavy atom. The Morgan fingerprint density at radius 1 is 1.33 bits per heavy atom. The summed E-state index contributed by atoms with van der Waals surface area (Å²) in [6, 6.07) is 0. The molecular weight excluding hydrogens is 150 g/mol. The van der Waals surface area contributed by atoms with Gasteiger partial charge in [-0.3, -0.25) is 4.79 Å². The molecule has 1 rings (SSSR count). The lowest BCUT2D eigenvalue weighted by atomic mass is 9.83. The predicted octanol–water partition coefficient (Wildman–Crippen LogP) is 2.04. The standard InChI is InChI=1S/C10H19NO/c1-3-11(4-2)10(12)8-9-6-5-7-9/h9H,3-8H2,1-2H3. The molecule has 0 aromatic carbocycles. The van der Waals surface area contributed by atoms with E-state index >= 15 is 0 Å². The first-order chi connectivity index (χ1) is 5.77. The SMILES string of the molecule is CCN(CC)C(=O)CC1CCC1. The molecule has 0 atom stereocenters. The third-order valence-electron chi connectivity index (χ3n) is 2.80. The van der Waals surface area contributed by atoms with Crippen LogP contribution >= 0.6 is 0 Å². The van der Waals surface area contributed by atoms with Crippen molar-refractivity contribution in [3.63, 3.8) is 0 Å². The molecule has 0 bridgehead atoms. The van der Waals surface area contributed by atoms with E-state index in [9.17, 15) is 4.79 Å². The predicted molar refractivity (Wildman–Crippen MR) is 49.9 cm³/mol. The molecular formula is C10H19NO. The van der Waals surface area contributed by atoms with Gasteiger partial charge in [-0.25, -0.2) is 0 Å². The molecule has 0 aromatic rings. The summed E-state index contributed by atoms with van der Waals surface area (Å²) in [6.07, 6.45) is 4.66. The molecule has 0 aromatic heterocycles. The highest BCUT2D eigenvalue weighted by atomic mass is 16.2. The molecule has 70 valence electrons. The Labute approximate surface area is 74.9 Å². The van der Waals surface area contributed by atoms with Gasteiger partial charge in [-0.1, -0.05) is 6.42 Å². The molecule has 0 unspecified atom stereocenters. The van der Waals surface area contributed by atoms with E-state index in [4.69, 9.17) is 0 Å². The summed E-state index contributed by atoms with van der Waals surface area (Å²) < 4.78 is 0. The van der Waals surface area contributed by atoms with Gasteiger partial charge in [-0.15, -0.1) is 0 Å². The molecule has 1 fully saturated rings. The molecule has 1 saturated carbocycles. The minimum absolute atomic E-state index is 0.352. The number of hydrogen-bond acceptors (Lipinski definition) is 1. The van der Waals surface area contributed by atoms with Crippen molar-refractivity contribution in [2.45, 2.75) is 39.5 Å². The highest BCUT2D eigenvalue weighted by Gasteiger charge is 2.22. The third-order valence-corrected chi connectivity index (χ3v) is 2.80. The lowest BCUT2D eigenvalue weighted by molar-refractivity contribution is -0.132. The summed E-state index contributed by atoms with van der Waals surface area (Å²) in [5.74, 6) is 1.06. The van der Waals surface area contributed by atoms with Gasteiger partial charge in [0.15, 0.2) is 0 Å². The van der Waals surface area contributed by atoms with Crippen molar-refractivity contribution in [2.24, 2.45) is 5.92 Å². The molecule has 0 aliphatic heterocycles. The molecule has 1 amide bonds. The topological polar surface area (TPSA) is 20.3 Å². The summed E-state index contributed by atoms with van der Waals surface area (Å²) >= 11 is 0. The van der Waals surface area contributed by atoms with Crippen molar-refractivity contribution >= 4 is 5.91 Å². The van der Waals surface area contributed by atoms with E-state index in [-0.39, 0.29) is 0 Å². The average Bonchev–Trinajstić information content (AvgIpc) is 1.99. The summed E-state index contributed by atoms with van der Waals surface area (Å²) in [7, 11) is 0. The van der Waals surface area contributed by atoms with Crippen molar-refractivity contribution < 1.29 is 4.79 Å². The van der Waals surface area contributed by atoms with Gasteiger partial charge in [0.1, 0.15) is 0 Å². The summed E-state index contributed by atoms with van der Waals surface area (Å²) in [6.45, 7) is 5.81. The minimum atomic E-state index is 0.352. The Bertz CT molecular complexity index is 148. The molecule has 0 N–H and O–H groups in total. The van der Waals surface area contributed by atoms with E-state index < -0.39 is 0 Å². The number of hydrogen-bond donors (Lipinski definition) is 0. The van der Waals surface area contributed by atoms with Crippen LogP contribution in [0.1, 0.15) is 39.5 Å². The second-order valence-corrected chi connectivity index (χ2v) is 3.57. The molecule has 0 heterocycles. The third kappa shape index (κ3) is 2.23. The second-order valence-electron chi connectivity index (χ2n) is 3.57. The largest absolute Gasteiger partial charge is 0.343 e. The monoisotopic (exact) mass is 169 g/mol. The van der Waals surface area contributed by atoms with Gasteiger partial charge >= 0.3 is 0 Å². The number of carbonyl (C=O) groups is 1. The van der Waals surface area contributed by atoms with Crippen LogP contribution in [0.2, 0.25) is 0 Å². The van der Waals surface area contributed by atoms with Crippen LogP contribution in [0, 0.1) is 5.92 Å². The number of nitrogens with zero attached hydrogens (tertiary/aromatic N) is 1. The minimum Gasteiger partial charge on any atom is -0.343 e. The zero-order valence-corrected chi connectivity index (χ0v) is 8.18. The molecule has 1 aliphatic carbocycles. The van der Waals surface area contributed by atoms with Crippen molar-refractivity contribution in [1.29, 1.82) is 0 Å². The fraction of sp³-hybridized carbons (Fsp3) is 0.900. The molecule has 2 heteroatoms. The van der Waals surface area contributed by atoms with E-state index in [1.54, 1.807) is 0 Å². The molecule has 0 saturated heterocycles. The van der Waals surface area contributed by atoms with Crippen molar-refractivity contribution in [1.82, 2.24) is 4.90 Å². The van der Waals surface area contributed by atoms with E-state index in [1.165, 1.54) is 19.3 Å². The second kappa shape index (κ2) is 4.48. The fourth-order valence-corrected chi connectivity index (χ4v) is 1.65. The first kappa shape index (κ1) is 9.56. The number of amides is 1. The summed E-state index contributed by atoms with van der Waals surface area (Å²) in [5, 5.41) is 0. The van der Waals surface area contributed by atoms with Crippen LogP contribution in [0.5, 0.6) is 0 Å². The van der Waals surface area contributed by atoms with Crippen LogP contribution in [0.15, 0.2) is 0 Å². The maximum absolute atomic E-state index is 11.5. The van der Waals surface area contributed by atoms with Crippen LogP contribution < -0.4 is 0 Å². The van der Waals surface area contributed by atoms with E-state index in [1.807, 2.05) is 18.7 Å². The van der Waals surface area contributed by atoms with Crippen molar-refractivity contribution in [3.05, 3.63) is 0 Å². The van der Waals surface area contributed by atoms with Crippen LogP contribution in [0.3, 0.4) is 0 Å². The normalized spacial score (nSPS) is 17.2. The van der Waals surface area contributed by atoms with E-state index in [0.717, 1.165) is 19.5 Å². The van der Waals surface area contributed by atoms with Gasteiger partial charge in [-0.05, 0) is 32.6 Å². The Balaban J connectivity index is 2.24. The average molecular weight is 169 g/mol. The Hall–Kier alpha value is -0.530. The van der Waals surface area contributed by atoms with Crippen LogP contribution in [-0.4, -0.2) is 23.9 Å². The maximum Gasteiger partial charge on any atom is 0.222 e. The number of rotatable bonds is 4. The van der Waals surface area contributed by atoms with Crippen LogP contribution in [-0.2, 0) is 4.79 Å². The highest BCUT2D eigenvalue weighted by Crippen LogP contribution is 2.29. The zero-order valence-electron chi connectivity index (χ0n) is 8.18. The maximum atomic E-state index is 11.5. The van der Waals surface area contributed by atoms with E-state index in [0.29, 0.717) is 11.8 Å². The summed E-state index contributed by atoms with van der Waals surface area (Å²) in [5.41, 5.74) is 0. The van der Waals surface area contributed by atoms with Gasteiger partial charge in [0.25, 0.3) is 0 Å². The fourth-order valence-electron chi connectivity index (χ4n) is 1.65. The lowest BCUT2D eigenvalue weighted by Gasteiger charge is -2.27. The van der Waals surface area contributed by atoms with Crippen LogP contribution in [0.4, 0.5) is 0 Å².